The van der Waals surface area contributed by atoms with E-state index in [9.17, 15) is 9.59 Å². The molecule has 2 aliphatic heterocycles. The second kappa shape index (κ2) is 9.13. The molecular formula is C22H22N2O5S. The minimum absolute atomic E-state index is 0.250. The molecule has 2 N–H and O–H groups in total. The van der Waals surface area contributed by atoms with Gasteiger partial charge in [-0.25, -0.2) is 9.59 Å². The van der Waals surface area contributed by atoms with E-state index in [1.54, 1.807) is 6.92 Å². The number of rotatable bonds is 6. The highest BCUT2D eigenvalue weighted by Gasteiger charge is 2.33. The molecule has 2 aromatic rings. The first-order chi connectivity index (χ1) is 14.7. The van der Waals surface area contributed by atoms with Crippen molar-refractivity contribution in [2.45, 2.75) is 17.9 Å². The van der Waals surface area contributed by atoms with Crippen molar-refractivity contribution in [3.8, 4) is 11.5 Å². The number of amides is 2. The summed E-state index contributed by atoms with van der Waals surface area (Å²) in [6.07, 6.45) is 0. The molecule has 0 aromatic heterocycles. The van der Waals surface area contributed by atoms with E-state index in [1.807, 2.05) is 48.5 Å². The van der Waals surface area contributed by atoms with Crippen molar-refractivity contribution in [1.82, 2.24) is 10.6 Å². The quantitative estimate of drug-likeness (QED) is 0.544. The van der Waals surface area contributed by atoms with Crippen molar-refractivity contribution >= 4 is 23.8 Å². The van der Waals surface area contributed by atoms with Gasteiger partial charge in [-0.15, -0.1) is 11.8 Å². The lowest BCUT2D eigenvalue weighted by Gasteiger charge is -2.29. The van der Waals surface area contributed by atoms with E-state index < -0.39 is 12.0 Å². The third-order valence-corrected chi connectivity index (χ3v) is 5.70. The van der Waals surface area contributed by atoms with E-state index >= 15 is 0 Å². The highest BCUT2D eigenvalue weighted by molar-refractivity contribution is 7.99. The topological polar surface area (TPSA) is 85.9 Å². The van der Waals surface area contributed by atoms with Crippen molar-refractivity contribution < 1.29 is 23.8 Å². The van der Waals surface area contributed by atoms with E-state index in [0.29, 0.717) is 36.0 Å². The Morgan fingerprint density at radius 3 is 2.67 bits per heavy atom. The summed E-state index contributed by atoms with van der Waals surface area (Å²) in [4.78, 5) is 26.1. The normalized spacial score (nSPS) is 17.8. The van der Waals surface area contributed by atoms with Crippen LogP contribution in [0, 0.1) is 0 Å². The standard InChI is InChI=1S/C22H22N2O5S/c1-2-27-21(25)19-16(23-22(26)24-20(19)14-6-4-3-5-7-14)13-30-15-8-9-17-18(12-15)29-11-10-28-17/h3-9,12,20H,2,10-11,13H2,1H3,(H2,23,24,26)/t20-/m1/s1. The Hall–Kier alpha value is -3.13. The Balaban J connectivity index is 1.63. The van der Waals surface area contributed by atoms with Gasteiger partial charge in [0.05, 0.1) is 18.2 Å². The van der Waals surface area contributed by atoms with E-state index in [2.05, 4.69) is 10.6 Å². The second-order valence-electron chi connectivity index (χ2n) is 6.65. The maximum Gasteiger partial charge on any atom is 0.338 e. The molecule has 0 radical (unpaired) electrons. The molecule has 0 aliphatic carbocycles. The Morgan fingerprint density at radius 1 is 1.13 bits per heavy atom. The molecule has 7 nitrogen and oxygen atoms in total. The van der Waals surface area contributed by atoms with Gasteiger partial charge in [0.15, 0.2) is 11.5 Å². The monoisotopic (exact) mass is 426 g/mol. The van der Waals surface area contributed by atoms with Crippen LogP contribution in [-0.4, -0.2) is 37.6 Å². The molecule has 0 fully saturated rings. The fourth-order valence-corrected chi connectivity index (χ4v) is 4.24. The van der Waals surface area contributed by atoms with Crippen LogP contribution in [0.15, 0.2) is 64.7 Å². The second-order valence-corrected chi connectivity index (χ2v) is 7.70. The molecule has 0 bridgehead atoms. The maximum atomic E-state index is 12.8. The van der Waals surface area contributed by atoms with Gasteiger partial charge in [0.2, 0.25) is 0 Å². The molecule has 2 aliphatic rings. The summed E-state index contributed by atoms with van der Waals surface area (Å²) in [7, 11) is 0. The van der Waals surface area contributed by atoms with Crippen molar-refractivity contribution in [2.24, 2.45) is 0 Å². The van der Waals surface area contributed by atoms with E-state index in [0.717, 1.165) is 16.2 Å². The van der Waals surface area contributed by atoms with Crippen molar-refractivity contribution in [3.05, 3.63) is 65.4 Å². The summed E-state index contributed by atoms with van der Waals surface area (Å²) >= 11 is 1.49. The zero-order valence-electron chi connectivity index (χ0n) is 16.5. The number of hydrogen-bond acceptors (Lipinski definition) is 6. The summed E-state index contributed by atoms with van der Waals surface area (Å²) in [5, 5.41) is 5.63. The van der Waals surface area contributed by atoms with Crippen LogP contribution in [0.3, 0.4) is 0 Å². The Kier molecular flexibility index (Phi) is 6.13. The van der Waals surface area contributed by atoms with Gasteiger partial charge in [0.1, 0.15) is 13.2 Å². The van der Waals surface area contributed by atoms with Crippen LogP contribution in [0.25, 0.3) is 0 Å². The summed E-state index contributed by atoms with van der Waals surface area (Å²) in [5.74, 6) is 1.36. The van der Waals surface area contributed by atoms with Crippen molar-refractivity contribution in [1.29, 1.82) is 0 Å². The number of esters is 1. The predicted molar refractivity (Wildman–Crippen MR) is 113 cm³/mol. The third-order valence-electron chi connectivity index (χ3n) is 4.68. The fourth-order valence-electron chi connectivity index (χ4n) is 3.35. The smallest absolute Gasteiger partial charge is 0.338 e. The number of carbonyl (C=O) groups is 2. The number of urea groups is 1. The first kappa shape index (κ1) is 20.2. The SMILES string of the molecule is CCOC(=O)C1=C(CSc2ccc3c(c2)OCCO3)NC(=O)N[C@@H]1c1ccccc1. The molecule has 156 valence electrons. The van der Waals surface area contributed by atoms with Crippen LogP contribution in [-0.2, 0) is 9.53 Å². The van der Waals surface area contributed by atoms with E-state index in [4.69, 9.17) is 14.2 Å². The molecule has 2 amide bonds. The van der Waals surface area contributed by atoms with Crippen LogP contribution >= 0.6 is 11.8 Å². The molecule has 1 atom stereocenters. The van der Waals surface area contributed by atoms with Gasteiger partial charge >= 0.3 is 12.0 Å². The first-order valence-corrected chi connectivity index (χ1v) is 10.7. The molecule has 4 rings (SSSR count). The molecule has 0 saturated carbocycles. The number of fused-ring (bicyclic) bond motifs is 1. The van der Waals surface area contributed by atoms with Crippen molar-refractivity contribution in [2.75, 3.05) is 25.6 Å². The largest absolute Gasteiger partial charge is 0.486 e. The number of ether oxygens (including phenoxy) is 3. The van der Waals surface area contributed by atoms with E-state index in [1.165, 1.54) is 11.8 Å². The molecule has 30 heavy (non-hydrogen) atoms. The van der Waals surface area contributed by atoms with Crippen LogP contribution in [0.5, 0.6) is 11.5 Å². The van der Waals surface area contributed by atoms with Gasteiger partial charge in [-0.3, -0.25) is 0 Å². The van der Waals surface area contributed by atoms with Crippen LogP contribution in [0.2, 0.25) is 0 Å². The predicted octanol–water partition coefficient (Wildman–Crippen LogP) is 3.42. The van der Waals surface area contributed by atoms with Crippen molar-refractivity contribution in [3.63, 3.8) is 0 Å². The summed E-state index contributed by atoms with van der Waals surface area (Å²) < 4.78 is 16.5. The van der Waals surface area contributed by atoms with Gasteiger partial charge in [-0.1, -0.05) is 30.3 Å². The Labute approximate surface area is 178 Å². The van der Waals surface area contributed by atoms with Crippen LogP contribution < -0.4 is 20.1 Å². The number of benzene rings is 2. The number of thioether (sulfide) groups is 1. The summed E-state index contributed by atoms with van der Waals surface area (Å²) in [5.41, 5.74) is 1.76. The number of nitrogens with one attached hydrogen (secondary N) is 2. The molecular weight excluding hydrogens is 404 g/mol. The average molecular weight is 426 g/mol. The Bertz CT molecular complexity index is 977. The lowest BCUT2D eigenvalue weighted by Crippen LogP contribution is -2.46. The molecule has 0 saturated heterocycles. The van der Waals surface area contributed by atoms with Gasteiger partial charge in [0.25, 0.3) is 0 Å². The first-order valence-electron chi connectivity index (χ1n) is 9.70. The Morgan fingerprint density at radius 2 is 1.90 bits per heavy atom. The molecule has 0 unspecified atom stereocenters. The van der Waals surface area contributed by atoms with Gasteiger partial charge in [-0.2, -0.15) is 0 Å². The highest BCUT2D eigenvalue weighted by Crippen LogP contribution is 2.36. The lowest BCUT2D eigenvalue weighted by molar-refractivity contribution is -0.139. The summed E-state index contributed by atoms with van der Waals surface area (Å²) in [6, 6.07) is 14.2. The molecule has 8 heteroatoms. The van der Waals surface area contributed by atoms with Gasteiger partial charge in [0, 0.05) is 16.3 Å². The zero-order valence-corrected chi connectivity index (χ0v) is 17.3. The minimum Gasteiger partial charge on any atom is -0.486 e. The summed E-state index contributed by atoms with van der Waals surface area (Å²) in [6.45, 7) is 3.06. The zero-order chi connectivity index (χ0) is 20.9. The average Bonchev–Trinajstić information content (AvgIpc) is 2.78. The minimum atomic E-state index is -0.574. The highest BCUT2D eigenvalue weighted by atomic mass is 32.2. The van der Waals surface area contributed by atoms with Gasteiger partial charge < -0.3 is 24.8 Å². The molecule has 2 heterocycles. The number of carbonyl (C=O) groups excluding carboxylic acids is 2. The molecule has 0 spiro atoms. The third kappa shape index (κ3) is 4.38. The fraction of sp³-hybridized carbons (Fsp3) is 0.273. The van der Waals surface area contributed by atoms with Crippen LogP contribution in [0.4, 0.5) is 4.79 Å². The van der Waals surface area contributed by atoms with Gasteiger partial charge in [-0.05, 0) is 30.7 Å². The maximum absolute atomic E-state index is 12.8. The number of hydrogen-bond donors (Lipinski definition) is 2. The van der Waals surface area contributed by atoms with Crippen LogP contribution in [0.1, 0.15) is 18.5 Å². The molecule has 2 aromatic carbocycles. The van der Waals surface area contributed by atoms with E-state index in [-0.39, 0.29) is 12.6 Å². The lowest BCUT2D eigenvalue weighted by atomic mass is 9.95.